The molecule has 1 heterocycles. The van der Waals surface area contributed by atoms with E-state index in [4.69, 9.17) is 15.5 Å². The van der Waals surface area contributed by atoms with E-state index in [1.807, 2.05) is 60.7 Å². The molecule has 0 spiro atoms. The van der Waals surface area contributed by atoms with Gasteiger partial charge in [-0.05, 0) is 20.8 Å². The average Bonchev–Trinajstić information content (AvgIpc) is 3.20. The topological polar surface area (TPSA) is 98.8 Å². The van der Waals surface area contributed by atoms with Crippen LogP contribution < -0.4 is 16.3 Å². The van der Waals surface area contributed by atoms with Gasteiger partial charge >= 0.3 is 5.97 Å². The first-order valence-corrected chi connectivity index (χ1v) is 14.5. The Morgan fingerprint density at radius 1 is 1.15 bits per heavy atom. The Balaban J connectivity index is 1.79. The highest BCUT2D eigenvalue weighted by atomic mass is 32.2. The third kappa shape index (κ3) is 5.99. The van der Waals surface area contributed by atoms with Crippen LogP contribution in [-0.2, 0) is 18.9 Å². The van der Waals surface area contributed by atoms with Gasteiger partial charge in [0.15, 0.2) is 0 Å². The Bertz CT molecular complexity index is 1030. The number of benzene rings is 2. The summed E-state index contributed by atoms with van der Waals surface area (Å²) in [5.74, 6) is 0.0212. The van der Waals surface area contributed by atoms with Crippen molar-refractivity contribution < 1.29 is 18.9 Å². The quantitative estimate of drug-likeness (QED) is 0.413. The summed E-state index contributed by atoms with van der Waals surface area (Å²) in [6, 6.07) is 18.8. The maximum absolute atomic E-state index is 14.3. The van der Waals surface area contributed by atoms with E-state index in [1.54, 1.807) is 20.8 Å². The molecular weight excluding hydrogens is 475 g/mol. The van der Waals surface area contributed by atoms with E-state index >= 15 is 0 Å². The second kappa shape index (κ2) is 10.6. The van der Waals surface area contributed by atoms with Crippen molar-refractivity contribution in [1.29, 1.82) is 0 Å². The van der Waals surface area contributed by atoms with Crippen LogP contribution in [0.4, 0.5) is 0 Å². The first-order chi connectivity index (χ1) is 15.6. The molecular formula is C24H29N2O4PS2. The zero-order valence-corrected chi connectivity index (χ0v) is 21.6. The molecule has 0 aliphatic carbocycles. The van der Waals surface area contributed by atoms with Gasteiger partial charge in [-0.25, -0.2) is 0 Å². The van der Waals surface area contributed by atoms with Crippen molar-refractivity contribution in [2.45, 2.75) is 31.8 Å². The van der Waals surface area contributed by atoms with Crippen LogP contribution in [0, 0.1) is 0 Å². The monoisotopic (exact) mass is 504 g/mol. The van der Waals surface area contributed by atoms with Gasteiger partial charge in [-0.15, -0.1) is 11.8 Å². The Hall–Kier alpha value is -1.86. The zero-order chi connectivity index (χ0) is 24.1. The number of nitrogens with two attached hydrogens (primary N) is 1. The molecule has 2 aromatic rings. The van der Waals surface area contributed by atoms with E-state index in [1.165, 1.54) is 11.8 Å². The van der Waals surface area contributed by atoms with Crippen LogP contribution in [0.15, 0.2) is 65.7 Å². The summed E-state index contributed by atoms with van der Waals surface area (Å²) in [5, 5.41) is 2.06. The maximum Gasteiger partial charge on any atom is 0.326 e. The second-order valence-electron chi connectivity index (χ2n) is 8.35. The normalized spacial score (nSPS) is 20.1. The lowest BCUT2D eigenvalue weighted by molar-refractivity contribution is -0.148. The number of rotatable bonds is 9. The molecule has 2 aromatic carbocycles. The lowest BCUT2D eigenvalue weighted by Gasteiger charge is -2.23. The van der Waals surface area contributed by atoms with Crippen LogP contribution in [-0.4, -0.2) is 51.5 Å². The van der Waals surface area contributed by atoms with Gasteiger partial charge < -0.3 is 15.0 Å². The molecule has 0 aromatic heterocycles. The third-order valence-electron chi connectivity index (χ3n) is 5.28. The highest BCUT2D eigenvalue weighted by Gasteiger charge is 2.42. The smallest absolute Gasteiger partial charge is 0.326 e. The van der Waals surface area contributed by atoms with Crippen molar-refractivity contribution in [2.75, 3.05) is 24.3 Å². The zero-order valence-electron chi connectivity index (χ0n) is 19.0. The lowest BCUT2D eigenvalue weighted by atomic mass is 10.1. The molecule has 6 nitrogen and oxygen atoms in total. The van der Waals surface area contributed by atoms with E-state index in [0.29, 0.717) is 10.8 Å². The molecule has 2 N–H and O–H groups in total. The summed E-state index contributed by atoms with van der Waals surface area (Å²) in [7, 11) is -2.97. The standard InChI is InChI=1S/C24H29N2O4PS2/c1-4-30-21(27)23(2,25)16-33-22(28)24(3)17-32-20(26-24)15-31(29,18-11-7-5-8-12-18)19-13-9-6-10-14-19/h5-14H,4,15-17,25H2,1-3H3/t23-,24-/m0/s1. The van der Waals surface area contributed by atoms with E-state index in [0.717, 1.165) is 22.4 Å². The van der Waals surface area contributed by atoms with Gasteiger partial charge in [0.2, 0.25) is 5.12 Å². The number of thioether (sulfide) groups is 2. The summed E-state index contributed by atoms with van der Waals surface area (Å²) in [5.41, 5.74) is 3.82. The molecule has 3 rings (SSSR count). The Labute approximate surface area is 203 Å². The highest BCUT2D eigenvalue weighted by molar-refractivity contribution is 8.16. The molecule has 33 heavy (non-hydrogen) atoms. The number of esters is 1. The fraction of sp³-hybridized carbons (Fsp3) is 0.375. The number of nitrogens with zero attached hydrogens (tertiary/aromatic N) is 1. The fourth-order valence-electron chi connectivity index (χ4n) is 3.33. The van der Waals surface area contributed by atoms with Crippen LogP contribution in [0.5, 0.6) is 0 Å². The molecule has 0 radical (unpaired) electrons. The van der Waals surface area contributed by atoms with Crippen LogP contribution in [0.3, 0.4) is 0 Å². The van der Waals surface area contributed by atoms with Gasteiger partial charge in [0, 0.05) is 22.1 Å². The summed E-state index contributed by atoms with van der Waals surface area (Å²) >= 11 is 2.45. The minimum absolute atomic E-state index is 0.0995. The Morgan fingerprint density at radius 2 is 1.70 bits per heavy atom. The molecule has 1 aliphatic heterocycles. The predicted octanol–water partition coefficient (Wildman–Crippen LogP) is 3.44. The van der Waals surface area contributed by atoms with Crippen molar-refractivity contribution in [1.82, 2.24) is 0 Å². The molecule has 1 aliphatic rings. The molecule has 0 fully saturated rings. The van der Waals surface area contributed by atoms with Gasteiger partial charge in [-0.2, -0.15) is 0 Å². The fourth-order valence-corrected chi connectivity index (χ4v) is 8.65. The number of carbonyl (C=O) groups excluding carboxylic acids is 2. The van der Waals surface area contributed by atoms with Crippen LogP contribution in [0.2, 0.25) is 0 Å². The van der Waals surface area contributed by atoms with Gasteiger partial charge in [0.25, 0.3) is 0 Å². The molecule has 176 valence electrons. The first kappa shape index (κ1) is 25.8. The number of carbonyl (C=O) groups is 2. The SMILES string of the molecule is CCOC(=O)[C@@](C)(N)CSC(=O)[C@]1(C)CSC(CP(=O)(c2ccccc2)c2ccccc2)=N1. The molecule has 2 atom stereocenters. The molecule has 0 saturated carbocycles. The molecule has 9 heteroatoms. The molecule has 0 unspecified atom stereocenters. The van der Waals surface area contributed by atoms with Crippen LogP contribution in [0.1, 0.15) is 20.8 Å². The van der Waals surface area contributed by atoms with Crippen molar-refractivity contribution in [3.8, 4) is 0 Å². The number of hydrogen-bond acceptors (Lipinski definition) is 8. The third-order valence-corrected chi connectivity index (χ3v) is 11.2. The van der Waals surface area contributed by atoms with Crippen LogP contribution in [0.25, 0.3) is 0 Å². The average molecular weight is 505 g/mol. The number of ether oxygens (including phenoxy) is 1. The lowest BCUT2D eigenvalue weighted by Crippen LogP contribution is -2.49. The maximum atomic E-state index is 14.3. The summed E-state index contributed by atoms with van der Waals surface area (Å²) < 4.78 is 19.3. The van der Waals surface area contributed by atoms with Crippen molar-refractivity contribution in [3.05, 3.63) is 60.7 Å². The van der Waals surface area contributed by atoms with Crippen molar-refractivity contribution in [3.63, 3.8) is 0 Å². The van der Waals surface area contributed by atoms with Crippen LogP contribution >= 0.6 is 30.7 Å². The predicted molar refractivity (Wildman–Crippen MR) is 140 cm³/mol. The summed E-state index contributed by atoms with van der Waals surface area (Å²) in [6.07, 6.45) is 0.261. The first-order valence-electron chi connectivity index (χ1n) is 10.7. The Kier molecular flexibility index (Phi) is 8.27. The minimum Gasteiger partial charge on any atom is -0.465 e. The van der Waals surface area contributed by atoms with Gasteiger partial charge in [0.05, 0.1) is 17.8 Å². The summed E-state index contributed by atoms with van der Waals surface area (Å²) in [6.45, 7) is 5.27. The van der Waals surface area contributed by atoms with Gasteiger partial charge in [0.1, 0.15) is 18.2 Å². The van der Waals surface area contributed by atoms with E-state index < -0.39 is 24.2 Å². The highest BCUT2D eigenvalue weighted by Crippen LogP contribution is 2.46. The molecule has 0 saturated heterocycles. The largest absolute Gasteiger partial charge is 0.465 e. The van der Waals surface area contributed by atoms with Gasteiger partial charge in [-0.3, -0.25) is 14.6 Å². The van der Waals surface area contributed by atoms with Gasteiger partial charge in [-0.1, -0.05) is 72.4 Å². The summed E-state index contributed by atoms with van der Waals surface area (Å²) in [4.78, 5) is 29.8. The molecule has 0 bridgehead atoms. The number of aliphatic imine (C=N–C) groups is 1. The second-order valence-corrected chi connectivity index (χ2v) is 13.2. The number of hydrogen-bond donors (Lipinski definition) is 1. The minimum atomic E-state index is -2.97. The Morgan fingerprint density at radius 3 is 2.21 bits per heavy atom. The van der Waals surface area contributed by atoms with E-state index in [-0.39, 0.29) is 23.6 Å². The molecule has 0 amide bonds. The van der Waals surface area contributed by atoms with Crippen molar-refractivity contribution >= 4 is 57.4 Å². The van der Waals surface area contributed by atoms with E-state index in [9.17, 15) is 14.2 Å². The van der Waals surface area contributed by atoms with E-state index in [2.05, 4.69) is 0 Å². The van der Waals surface area contributed by atoms with Crippen molar-refractivity contribution in [2.24, 2.45) is 10.7 Å².